The van der Waals surface area contributed by atoms with Gasteiger partial charge in [-0.25, -0.2) is 0 Å². The van der Waals surface area contributed by atoms with Gasteiger partial charge >= 0.3 is 0 Å². The molecule has 0 saturated carbocycles. The first kappa shape index (κ1) is 21.9. The fourth-order valence-electron chi connectivity index (χ4n) is 4.01. The number of thioether (sulfide) groups is 1. The number of ether oxygens (including phenoxy) is 1. The molecule has 4 rings (SSSR count). The lowest BCUT2D eigenvalue weighted by Gasteiger charge is -2.33. The van der Waals surface area contributed by atoms with Gasteiger partial charge in [-0.2, -0.15) is 0 Å². The molecule has 166 valence electrons. The Hall–Kier alpha value is -2.29. The monoisotopic (exact) mass is 443 g/mol. The fraction of sp³-hybridized carbons (Fsp3) is 0.478. The van der Waals surface area contributed by atoms with Crippen LogP contribution in [0, 0.1) is 6.92 Å². The number of anilines is 1. The average Bonchev–Trinajstić information content (AvgIpc) is 3.23. The van der Waals surface area contributed by atoms with E-state index in [1.54, 1.807) is 16.7 Å². The van der Waals surface area contributed by atoms with Crippen LogP contribution in [0.4, 0.5) is 5.69 Å². The fourth-order valence-corrected chi connectivity index (χ4v) is 5.01. The number of hydrogen-bond donors (Lipinski definition) is 1. The summed E-state index contributed by atoms with van der Waals surface area (Å²) in [6.07, 6.45) is 0.380. The van der Waals surface area contributed by atoms with E-state index in [2.05, 4.69) is 10.2 Å². The van der Waals surface area contributed by atoms with Crippen molar-refractivity contribution in [1.82, 2.24) is 10.2 Å². The van der Waals surface area contributed by atoms with Crippen molar-refractivity contribution in [3.8, 4) is 0 Å². The molecular weight excluding hydrogens is 414 g/mol. The lowest BCUT2D eigenvalue weighted by atomic mass is 10.1. The molecule has 2 aliphatic heterocycles. The predicted octanol–water partition coefficient (Wildman–Crippen LogP) is 3.00. The molecule has 2 amide bonds. The average molecular weight is 444 g/mol. The van der Waals surface area contributed by atoms with Crippen LogP contribution in [0.25, 0.3) is 0 Å². The van der Waals surface area contributed by atoms with E-state index in [-0.39, 0.29) is 30.7 Å². The molecular formula is C23H29N3O4S. The van der Waals surface area contributed by atoms with Crippen LogP contribution >= 0.6 is 11.8 Å². The van der Waals surface area contributed by atoms with Crippen LogP contribution < -0.4 is 10.2 Å². The van der Waals surface area contributed by atoms with E-state index < -0.39 is 0 Å². The first-order chi connectivity index (χ1) is 15.1. The highest BCUT2D eigenvalue weighted by Crippen LogP contribution is 2.34. The Morgan fingerprint density at radius 2 is 1.90 bits per heavy atom. The number of nitrogens with one attached hydrogen (secondary N) is 1. The summed E-state index contributed by atoms with van der Waals surface area (Å²) in [7, 11) is 0. The number of nitrogens with zero attached hydrogens (tertiary/aromatic N) is 2. The molecule has 1 N–H and O–H groups in total. The first-order valence-electron chi connectivity index (χ1n) is 10.8. The zero-order valence-corrected chi connectivity index (χ0v) is 18.7. The Morgan fingerprint density at radius 1 is 1.10 bits per heavy atom. The molecule has 2 aromatic rings. The van der Waals surface area contributed by atoms with Gasteiger partial charge in [-0.15, -0.1) is 11.8 Å². The number of fused-ring (bicyclic) bond motifs is 1. The van der Waals surface area contributed by atoms with E-state index in [1.165, 1.54) is 0 Å². The van der Waals surface area contributed by atoms with E-state index in [0.29, 0.717) is 26.3 Å². The Bertz CT molecular complexity index is 910. The summed E-state index contributed by atoms with van der Waals surface area (Å²) in [5.41, 5.74) is 0.949. The van der Waals surface area contributed by atoms with E-state index in [0.717, 1.165) is 40.9 Å². The second-order valence-electron chi connectivity index (χ2n) is 7.78. The highest BCUT2D eigenvalue weighted by atomic mass is 32.2. The van der Waals surface area contributed by atoms with Gasteiger partial charge in [0.1, 0.15) is 11.5 Å². The lowest BCUT2D eigenvalue weighted by Crippen LogP contribution is -2.44. The molecule has 0 aliphatic carbocycles. The molecule has 0 bridgehead atoms. The Morgan fingerprint density at radius 3 is 2.68 bits per heavy atom. The highest BCUT2D eigenvalue weighted by Gasteiger charge is 2.26. The van der Waals surface area contributed by atoms with E-state index in [9.17, 15) is 9.59 Å². The van der Waals surface area contributed by atoms with Crippen LogP contribution in [0.1, 0.15) is 30.4 Å². The van der Waals surface area contributed by atoms with Crippen molar-refractivity contribution in [2.45, 2.75) is 30.7 Å². The number of benzene rings is 1. The van der Waals surface area contributed by atoms with Gasteiger partial charge in [0.15, 0.2) is 0 Å². The van der Waals surface area contributed by atoms with Gasteiger partial charge in [0.2, 0.25) is 11.8 Å². The summed E-state index contributed by atoms with van der Waals surface area (Å²) in [6.45, 7) is 5.99. The molecule has 7 nitrogen and oxygen atoms in total. The first-order valence-corrected chi connectivity index (χ1v) is 11.8. The number of hydrogen-bond acceptors (Lipinski definition) is 6. The maximum Gasteiger partial charge on any atom is 0.227 e. The van der Waals surface area contributed by atoms with Crippen molar-refractivity contribution in [3.63, 3.8) is 0 Å². The standard InChI is InChI=1S/C23H29N3O4S/c1-17-6-7-20(30-17)19(25-10-13-29-14-11-25)16-24-22(27)8-9-23(28)26-12-15-31-21-5-3-2-4-18(21)26/h2-7,19H,8-16H2,1H3,(H,24,27). The second kappa shape index (κ2) is 10.3. The minimum absolute atomic E-state index is 0.00529. The second-order valence-corrected chi connectivity index (χ2v) is 8.91. The smallest absolute Gasteiger partial charge is 0.227 e. The summed E-state index contributed by atoms with van der Waals surface area (Å²) < 4.78 is 11.3. The van der Waals surface area contributed by atoms with Gasteiger partial charge in [0.05, 0.1) is 24.9 Å². The third kappa shape index (κ3) is 5.50. The number of para-hydroxylation sites is 1. The summed E-state index contributed by atoms with van der Waals surface area (Å²) in [4.78, 5) is 30.5. The maximum atomic E-state index is 12.8. The number of carbonyl (C=O) groups is 2. The SMILES string of the molecule is Cc1ccc(C(CNC(=O)CCC(=O)N2CCSc3ccccc32)N2CCOCC2)o1. The third-order valence-corrected chi connectivity index (χ3v) is 6.71. The summed E-state index contributed by atoms with van der Waals surface area (Å²) in [5, 5.41) is 3.01. The lowest BCUT2D eigenvalue weighted by molar-refractivity contribution is -0.125. The van der Waals surface area contributed by atoms with E-state index in [4.69, 9.17) is 9.15 Å². The van der Waals surface area contributed by atoms with E-state index in [1.807, 2.05) is 43.3 Å². The molecule has 1 unspecified atom stereocenters. The van der Waals surface area contributed by atoms with Crippen molar-refractivity contribution < 1.29 is 18.7 Å². The van der Waals surface area contributed by atoms with Gasteiger partial charge in [0, 0.05) is 49.7 Å². The minimum atomic E-state index is -0.116. The van der Waals surface area contributed by atoms with Crippen LogP contribution in [-0.2, 0) is 14.3 Å². The number of aryl methyl sites for hydroxylation is 1. The summed E-state index contributed by atoms with van der Waals surface area (Å²) >= 11 is 1.76. The molecule has 2 aliphatic rings. The molecule has 1 saturated heterocycles. The molecule has 0 spiro atoms. The third-order valence-electron chi connectivity index (χ3n) is 5.66. The molecule has 1 aromatic heterocycles. The molecule has 1 fully saturated rings. The summed E-state index contributed by atoms with van der Waals surface area (Å²) in [5.74, 6) is 2.45. The van der Waals surface area contributed by atoms with Gasteiger partial charge in [-0.05, 0) is 31.2 Å². The predicted molar refractivity (Wildman–Crippen MR) is 120 cm³/mol. The van der Waals surface area contributed by atoms with Gasteiger partial charge < -0.3 is 19.4 Å². The molecule has 8 heteroatoms. The normalized spacial score (nSPS) is 17.8. The van der Waals surface area contributed by atoms with E-state index >= 15 is 0 Å². The minimum Gasteiger partial charge on any atom is -0.465 e. The molecule has 0 radical (unpaired) electrons. The van der Waals surface area contributed by atoms with Crippen LogP contribution in [-0.4, -0.2) is 61.9 Å². The molecule has 1 atom stereocenters. The largest absolute Gasteiger partial charge is 0.465 e. The number of furan rings is 1. The number of amides is 2. The summed E-state index contributed by atoms with van der Waals surface area (Å²) in [6, 6.07) is 11.8. The van der Waals surface area contributed by atoms with Crippen LogP contribution in [0.15, 0.2) is 45.7 Å². The number of rotatable bonds is 7. The highest BCUT2D eigenvalue weighted by molar-refractivity contribution is 7.99. The quantitative estimate of drug-likeness (QED) is 0.709. The van der Waals surface area contributed by atoms with Crippen molar-refractivity contribution in [2.75, 3.05) is 50.0 Å². The van der Waals surface area contributed by atoms with Crippen LogP contribution in [0.2, 0.25) is 0 Å². The topological polar surface area (TPSA) is 75.0 Å². The van der Waals surface area contributed by atoms with Crippen molar-refractivity contribution in [3.05, 3.63) is 47.9 Å². The molecule has 31 heavy (non-hydrogen) atoms. The Kier molecular flexibility index (Phi) is 7.32. The van der Waals surface area contributed by atoms with Gasteiger partial charge in [-0.3, -0.25) is 14.5 Å². The molecule has 3 heterocycles. The van der Waals surface area contributed by atoms with Crippen molar-refractivity contribution in [2.24, 2.45) is 0 Å². The van der Waals surface area contributed by atoms with Crippen molar-refractivity contribution >= 4 is 29.3 Å². The molecule has 1 aromatic carbocycles. The number of morpholine rings is 1. The zero-order valence-electron chi connectivity index (χ0n) is 17.8. The van der Waals surface area contributed by atoms with Crippen LogP contribution in [0.5, 0.6) is 0 Å². The maximum absolute atomic E-state index is 12.8. The van der Waals surface area contributed by atoms with Crippen LogP contribution in [0.3, 0.4) is 0 Å². The van der Waals surface area contributed by atoms with Gasteiger partial charge in [-0.1, -0.05) is 12.1 Å². The zero-order chi connectivity index (χ0) is 21.6. The van der Waals surface area contributed by atoms with Gasteiger partial charge in [0.25, 0.3) is 0 Å². The Balaban J connectivity index is 1.31. The van der Waals surface area contributed by atoms with Crippen molar-refractivity contribution in [1.29, 1.82) is 0 Å². The Labute approximate surface area is 187 Å². The number of carbonyl (C=O) groups excluding carboxylic acids is 2.